The minimum atomic E-state index is -3.45. The maximum Gasteiger partial charge on any atom is 0.246 e. The summed E-state index contributed by atoms with van der Waals surface area (Å²) in [5.74, 6) is 0.602. The molecule has 2 N–H and O–H groups in total. The molecule has 12 heteroatoms. The number of halogens is 1. The summed E-state index contributed by atoms with van der Waals surface area (Å²) in [4.78, 5) is 20.7. The lowest BCUT2D eigenvalue weighted by Crippen LogP contribution is -2.55. The van der Waals surface area contributed by atoms with Crippen molar-refractivity contribution in [3.05, 3.63) is 42.2 Å². The van der Waals surface area contributed by atoms with Gasteiger partial charge in [0.2, 0.25) is 15.9 Å². The van der Waals surface area contributed by atoms with Crippen LogP contribution in [-0.4, -0.2) is 68.7 Å². The van der Waals surface area contributed by atoms with E-state index in [4.69, 9.17) is 0 Å². The van der Waals surface area contributed by atoms with Crippen molar-refractivity contribution in [3.63, 3.8) is 0 Å². The molecule has 2 heterocycles. The molecule has 1 aromatic heterocycles. The van der Waals surface area contributed by atoms with Crippen LogP contribution >= 0.6 is 24.0 Å². The number of hydrogen-bond acceptors (Lipinski definition) is 5. The fourth-order valence-corrected chi connectivity index (χ4v) is 3.82. The first-order valence-corrected chi connectivity index (χ1v) is 10.6. The lowest BCUT2D eigenvalue weighted by molar-refractivity contribution is -0.120. The third kappa shape index (κ3) is 5.49. The van der Waals surface area contributed by atoms with Gasteiger partial charge in [0.05, 0.1) is 16.8 Å². The van der Waals surface area contributed by atoms with Crippen molar-refractivity contribution < 1.29 is 13.2 Å². The van der Waals surface area contributed by atoms with E-state index < -0.39 is 10.0 Å². The Labute approximate surface area is 193 Å². The number of aromatic nitrogens is 2. The van der Waals surface area contributed by atoms with E-state index in [1.165, 1.54) is 7.05 Å². The molecular formula is C18H26IN7O3S. The van der Waals surface area contributed by atoms with E-state index in [9.17, 15) is 13.2 Å². The van der Waals surface area contributed by atoms with Gasteiger partial charge < -0.3 is 15.1 Å². The van der Waals surface area contributed by atoms with E-state index in [-0.39, 0.29) is 41.3 Å². The van der Waals surface area contributed by atoms with Crippen LogP contribution in [0.1, 0.15) is 5.56 Å². The molecule has 30 heavy (non-hydrogen) atoms. The molecule has 0 saturated carbocycles. The van der Waals surface area contributed by atoms with Crippen LogP contribution in [0.3, 0.4) is 0 Å². The van der Waals surface area contributed by atoms with E-state index in [0.717, 1.165) is 11.3 Å². The summed E-state index contributed by atoms with van der Waals surface area (Å²) in [6.07, 6.45) is 3.50. The van der Waals surface area contributed by atoms with Crippen LogP contribution in [0.15, 0.2) is 46.5 Å². The Morgan fingerprint density at radius 1 is 1.23 bits per heavy atom. The quantitative estimate of drug-likeness (QED) is 0.318. The second kappa shape index (κ2) is 10.2. The topological polar surface area (TPSA) is 112 Å². The second-order valence-electron chi connectivity index (χ2n) is 6.59. The number of aliphatic imine (C=N–C) groups is 1. The average Bonchev–Trinajstić information content (AvgIpc) is 3.15. The summed E-state index contributed by atoms with van der Waals surface area (Å²) in [5.41, 5.74) is 1.69. The van der Waals surface area contributed by atoms with Gasteiger partial charge in [-0.25, -0.2) is 13.1 Å². The van der Waals surface area contributed by atoms with Crippen LogP contribution < -0.4 is 14.9 Å². The Kier molecular flexibility index (Phi) is 8.20. The Bertz CT molecular complexity index is 1010. The number of anilines is 1. The van der Waals surface area contributed by atoms with Gasteiger partial charge >= 0.3 is 0 Å². The highest BCUT2D eigenvalue weighted by Gasteiger charge is 2.27. The molecule has 2 aromatic rings. The third-order valence-electron chi connectivity index (χ3n) is 4.69. The van der Waals surface area contributed by atoms with E-state index >= 15 is 0 Å². The summed E-state index contributed by atoms with van der Waals surface area (Å²) in [7, 11) is 1.41. The Hall–Kier alpha value is -2.19. The summed E-state index contributed by atoms with van der Waals surface area (Å²) >= 11 is 0. The van der Waals surface area contributed by atoms with Crippen molar-refractivity contribution in [2.24, 2.45) is 12.0 Å². The van der Waals surface area contributed by atoms with Gasteiger partial charge in [0, 0.05) is 39.9 Å². The number of guanidine groups is 1. The van der Waals surface area contributed by atoms with Crippen molar-refractivity contribution >= 4 is 51.6 Å². The summed E-state index contributed by atoms with van der Waals surface area (Å²) in [6.45, 7) is 1.86. The molecule has 0 radical (unpaired) electrons. The highest BCUT2D eigenvalue weighted by atomic mass is 127. The smallest absolute Gasteiger partial charge is 0.246 e. The summed E-state index contributed by atoms with van der Waals surface area (Å²) < 4.78 is 27.6. The molecule has 1 aliphatic rings. The number of hydrogen-bond donors (Lipinski definition) is 2. The van der Waals surface area contributed by atoms with Crippen LogP contribution in [0.2, 0.25) is 0 Å². The highest BCUT2D eigenvalue weighted by Crippen LogP contribution is 2.16. The van der Waals surface area contributed by atoms with E-state index in [0.29, 0.717) is 25.6 Å². The number of nitrogens with zero attached hydrogens (tertiary/aromatic N) is 5. The lowest BCUT2D eigenvalue weighted by Gasteiger charge is -2.35. The number of benzene rings is 1. The van der Waals surface area contributed by atoms with Gasteiger partial charge in [-0.15, -0.1) is 24.0 Å². The van der Waals surface area contributed by atoms with Crippen LogP contribution in [0.5, 0.6) is 0 Å². The third-order valence-corrected chi connectivity index (χ3v) is 6.12. The van der Waals surface area contributed by atoms with Gasteiger partial charge in [-0.3, -0.25) is 14.5 Å². The number of carbonyl (C=O) groups excluding carboxylic acids is 1. The van der Waals surface area contributed by atoms with Crippen LogP contribution in [0.4, 0.5) is 5.69 Å². The number of piperazine rings is 1. The largest absolute Gasteiger partial charge is 0.352 e. The zero-order valence-electron chi connectivity index (χ0n) is 17.1. The molecule has 1 fully saturated rings. The molecule has 1 amide bonds. The minimum absolute atomic E-state index is 0. The average molecular weight is 547 g/mol. The van der Waals surface area contributed by atoms with Gasteiger partial charge in [0.1, 0.15) is 6.54 Å². The van der Waals surface area contributed by atoms with Crippen molar-refractivity contribution in [2.75, 3.05) is 38.6 Å². The zero-order chi connectivity index (χ0) is 21.0. The molecule has 0 aliphatic carbocycles. The van der Waals surface area contributed by atoms with E-state index in [1.54, 1.807) is 47.1 Å². The zero-order valence-corrected chi connectivity index (χ0v) is 20.2. The lowest BCUT2D eigenvalue weighted by atomic mass is 10.2. The maximum absolute atomic E-state index is 12.6. The van der Waals surface area contributed by atoms with Gasteiger partial charge in [-0.1, -0.05) is 12.1 Å². The molecule has 164 valence electrons. The second-order valence-corrected chi connectivity index (χ2v) is 8.48. The predicted octanol–water partition coefficient (Wildman–Crippen LogP) is 0.370. The number of nitrogens with one attached hydrogen (secondary N) is 2. The molecule has 0 spiro atoms. The number of amides is 1. The fraction of sp³-hybridized carbons (Fsp3) is 0.389. The van der Waals surface area contributed by atoms with E-state index in [1.807, 2.05) is 18.1 Å². The van der Waals surface area contributed by atoms with Crippen molar-refractivity contribution in [3.8, 4) is 0 Å². The SMILES string of the molecule is CN=C(NCc1ccc(S(=O)(=O)NC)cc1)N1CCN(c2cnn(C)c2)C(=O)C1.I. The standard InChI is InChI=1S/C18H25N7O3S.HI/c1-19-18(21-10-14-4-6-16(7-5-14)29(27,28)20-2)24-8-9-25(17(26)13-24)15-11-22-23(3)12-15;/h4-7,11-12,20H,8-10,13H2,1-3H3,(H,19,21);1H. The number of aryl methyl sites for hydroxylation is 1. The van der Waals surface area contributed by atoms with Crippen LogP contribution in [-0.2, 0) is 28.4 Å². The molecule has 0 atom stereocenters. The first kappa shape index (κ1) is 24.1. The first-order valence-electron chi connectivity index (χ1n) is 9.11. The molecule has 1 aliphatic heterocycles. The summed E-state index contributed by atoms with van der Waals surface area (Å²) in [5, 5.41) is 7.35. The van der Waals surface area contributed by atoms with E-state index in [2.05, 4.69) is 20.1 Å². The number of sulfonamides is 1. The van der Waals surface area contributed by atoms with Crippen molar-refractivity contribution in [2.45, 2.75) is 11.4 Å². The van der Waals surface area contributed by atoms with Crippen LogP contribution in [0.25, 0.3) is 0 Å². The highest BCUT2D eigenvalue weighted by molar-refractivity contribution is 14.0. The van der Waals surface area contributed by atoms with Crippen LogP contribution in [0, 0.1) is 0 Å². The Morgan fingerprint density at radius 2 is 1.93 bits per heavy atom. The van der Waals surface area contributed by atoms with Crippen molar-refractivity contribution in [1.82, 2.24) is 24.7 Å². The Balaban J connectivity index is 0.00000320. The first-order chi connectivity index (χ1) is 13.8. The number of carbonyl (C=O) groups is 1. The minimum Gasteiger partial charge on any atom is -0.352 e. The molecule has 1 saturated heterocycles. The monoisotopic (exact) mass is 547 g/mol. The van der Waals surface area contributed by atoms with Gasteiger partial charge in [0.25, 0.3) is 0 Å². The predicted molar refractivity (Wildman–Crippen MR) is 125 cm³/mol. The van der Waals surface area contributed by atoms with Gasteiger partial charge in [-0.2, -0.15) is 5.10 Å². The molecule has 10 nitrogen and oxygen atoms in total. The fourth-order valence-electron chi connectivity index (χ4n) is 3.09. The maximum atomic E-state index is 12.6. The molecule has 1 aromatic carbocycles. The number of rotatable bonds is 5. The van der Waals surface area contributed by atoms with Gasteiger partial charge in [-0.05, 0) is 24.7 Å². The normalized spacial score (nSPS) is 15.2. The Morgan fingerprint density at radius 3 is 2.47 bits per heavy atom. The molecule has 0 bridgehead atoms. The summed E-state index contributed by atoms with van der Waals surface area (Å²) in [6, 6.07) is 6.61. The molecule has 0 unspecified atom stereocenters. The van der Waals surface area contributed by atoms with Gasteiger partial charge in [0.15, 0.2) is 5.96 Å². The molecule has 3 rings (SSSR count). The molecular weight excluding hydrogens is 521 g/mol. The van der Waals surface area contributed by atoms with Crippen molar-refractivity contribution in [1.29, 1.82) is 0 Å².